The first-order chi connectivity index (χ1) is 5.25. The third-order valence-electron chi connectivity index (χ3n) is 1.18. The van der Waals surface area contributed by atoms with E-state index in [0.717, 1.165) is 0 Å². The molecule has 6 heteroatoms. The number of nitrogens with two attached hydrogens (primary N) is 1. The zero-order valence-electron chi connectivity index (χ0n) is 6.23. The molecule has 1 unspecified atom stereocenters. The first-order valence-corrected chi connectivity index (χ1v) is 4.50. The van der Waals surface area contributed by atoms with Crippen molar-refractivity contribution >= 4 is 10.8 Å². The Hall–Kier alpha value is -0.750. The highest BCUT2D eigenvalue weighted by atomic mass is 32.2. The van der Waals surface area contributed by atoms with E-state index in [1.54, 1.807) is 11.6 Å². The quantitative estimate of drug-likeness (QED) is 0.630. The van der Waals surface area contributed by atoms with Crippen molar-refractivity contribution in [1.29, 1.82) is 0 Å². The molecule has 1 aromatic heterocycles. The Morgan fingerprint density at radius 1 is 1.82 bits per heavy atom. The van der Waals surface area contributed by atoms with Gasteiger partial charge in [-0.3, -0.25) is 4.21 Å². The van der Waals surface area contributed by atoms with Crippen molar-refractivity contribution in [2.24, 2.45) is 12.8 Å². The Bertz CT molecular complexity index is 259. The van der Waals surface area contributed by atoms with Gasteiger partial charge in [-0.25, -0.2) is 0 Å². The zero-order chi connectivity index (χ0) is 8.27. The molecule has 62 valence electrons. The van der Waals surface area contributed by atoms with E-state index in [2.05, 4.69) is 10.2 Å². The maximum atomic E-state index is 11.2. The Labute approximate surface area is 67.1 Å². The van der Waals surface area contributed by atoms with Crippen LogP contribution in [0.25, 0.3) is 0 Å². The van der Waals surface area contributed by atoms with Gasteiger partial charge in [0.05, 0.1) is 10.8 Å². The summed E-state index contributed by atoms with van der Waals surface area (Å²) in [5.41, 5.74) is 5.24. The van der Waals surface area contributed by atoms with Crippen LogP contribution < -0.4 is 5.73 Å². The van der Waals surface area contributed by atoms with Gasteiger partial charge in [-0.05, 0) is 0 Å². The molecule has 0 saturated carbocycles. The maximum Gasteiger partial charge on any atom is 0.221 e. The second-order valence-corrected chi connectivity index (χ2v) is 3.53. The second kappa shape index (κ2) is 3.59. The summed E-state index contributed by atoms with van der Waals surface area (Å²) in [5, 5.41) is 7.78. The summed E-state index contributed by atoms with van der Waals surface area (Å²) in [7, 11) is 0.654. The van der Waals surface area contributed by atoms with Gasteiger partial charge in [0.25, 0.3) is 0 Å². The van der Waals surface area contributed by atoms with Crippen LogP contribution in [0.15, 0.2) is 11.5 Å². The molecule has 1 rings (SSSR count). The van der Waals surface area contributed by atoms with Crippen LogP contribution in [0, 0.1) is 0 Å². The Morgan fingerprint density at radius 3 is 3.00 bits per heavy atom. The fraction of sp³-hybridized carbons (Fsp3) is 0.600. The van der Waals surface area contributed by atoms with E-state index >= 15 is 0 Å². The van der Waals surface area contributed by atoms with Crippen molar-refractivity contribution < 1.29 is 4.21 Å². The van der Waals surface area contributed by atoms with E-state index < -0.39 is 10.8 Å². The molecule has 0 bridgehead atoms. The van der Waals surface area contributed by atoms with Crippen LogP contribution in [0.1, 0.15) is 0 Å². The average Bonchev–Trinajstić information content (AvgIpc) is 2.36. The van der Waals surface area contributed by atoms with Crippen LogP contribution in [-0.2, 0) is 17.8 Å². The lowest BCUT2D eigenvalue weighted by molar-refractivity contribution is 0.664. The van der Waals surface area contributed by atoms with Crippen molar-refractivity contribution in [3.05, 3.63) is 6.33 Å². The molecular formula is C5H10N4OS. The average molecular weight is 174 g/mol. The summed E-state index contributed by atoms with van der Waals surface area (Å²) < 4.78 is 12.9. The molecule has 0 fully saturated rings. The molecule has 2 N–H and O–H groups in total. The molecule has 0 aromatic carbocycles. The number of aromatic nitrogens is 3. The summed E-state index contributed by atoms with van der Waals surface area (Å²) in [5.74, 6) is 0.437. The molecule has 11 heavy (non-hydrogen) atoms. The van der Waals surface area contributed by atoms with Gasteiger partial charge in [0, 0.05) is 19.3 Å². The molecule has 0 aliphatic heterocycles. The smallest absolute Gasteiger partial charge is 0.221 e. The Balaban J connectivity index is 2.76. The lowest BCUT2D eigenvalue weighted by Gasteiger charge is -1.96. The highest BCUT2D eigenvalue weighted by Crippen LogP contribution is 1.98. The normalized spacial score (nSPS) is 13.3. The second-order valence-electron chi connectivity index (χ2n) is 2.06. The largest absolute Gasteiger partial charge is 0.330 e. The van der Waals surface area contributed by atoms with Crippen LogP contribution in [0.5, 0.6) is 0 Å². The molecule has 0 aliphatic carbocycles. The number of aryl methyl sites for hydroxylation is 1. The Morgan fingerprint density at radius 2 is 2.55 bits per heavy atom. The van der Waals surface area contributed by atoms with E-state index in [-0.39, 0.29) is 0 Å². The molecule has 0 spiro atoms. The van der Waals surface area contributed by atoms with E-state index in [0.29, 0.717) is 17.5 Å². The third-order valence-corrected chi connectivity index (χ3v) is 2.56. The van der Waals surface area contributed by atoms with E-state index in [4.69, 9.17) is 5.73 Å². The van der Waals surface area contributed by atoms with Gasteiger partial charge in [0.2, 0.25) is 5.16 Å². The lowest BCUT2D eigenvalue weighted by atomic mass is 10.8. The fourth-order valence-corrected chi connectivity index (χ4v) is 1.58. The first-order valence-electron chi connectivity index (χ1n) is 3.18. The summed E-state index contributed by atoms with van der Waals surface area (Å²) in [4.78, 5) is 0. The summed E-state index contributed by atoms with van der Waals surface area (Å²) in [6, 6.07) is 0. The van der Waals surface area contributed by atoms with E-state index in [1.165, 1.54) is 6.33 Å². The van der Waals surface area contributed by atoms with Crippen molar-refractivity contribution in [2.75, 3.05) is 12.3 Å². The molecule has 0 aliphatic rings. The SMILES string of the molecule is Cn1cnnc1S(=O)CCN. The molecule has 0 saturated heterocycles. The number of hydrogen-bond donors (Lipinski definition) is 1. The molecule has 0 radical (unpaired) electrons. The number of rotatable bonds is 3. The minimum absolute atomic E-state index is 0.402. The maximum absolute atomic E-state index is 11.2. The zero-order valence-corrected chi connectivity index (χ0v) is 7.04. The first kappa shape index (κ1) is 8.35. The van der Waals surface area contributed by atoms with Gasteiger partial charge < -0.3 is 10.3 Å². The van der Waals surface area contributed by atoms with Gasteiger partial charge in [-0.15, -0.1) is 10.2 Å². The van der Waals surface area contributed by atoms with Crippen molar-refractivity contribution in [3.8, 4) is 0 Å². The topological polar surface area (TPSA) is 73.8 Å². The van der Waals surface area contributed by atoms with Crippen LogP contribution >= 0.6 is 0 Å². The Kier molecular flexibility index (Phi) is 2.72. The van der Waals surface area contributed by atoms with E-state index in [9.17, 15) is 4.21 Å². The molecule has 5 nitrogen and oxygen atoms in total. The molecule has 1 atom stereocenters. The monoisotopic (exact) mass is 174 g/mol. The van der Waals surface area contributed by atoms with Gasteiger partial charge in [-0.1, -0.05) is 0 Å². The highest BCUT2D eigenvalue weighted by Gasteiger charge is 2.07. The fourth-order valence-electron chi connectivity index (χ4n) is 0.677. The van der Waals surface area contributed by atoms with Crippen LogP contribution in [0.2, 0.25) is 0 Å². The summed E-state index contributed by atoms with van der Waals surface area (Å²) in [6.45, 7) is 0.402. The van der Waals surface area contributed by atoms with Crippen LogP contribution in [0.3, 0.4) is 0 Å². The summed E-state index contributed by atoms with van der Waals surface area (Å²) >= 11 is 0. The van der Waals surface area contributed by atoms with Crippen LogP contribution in [0.4, 0.5) is 0 Å². The standard InChI is InChI=1S/C5H10N4OS/c1-9-4-7-8-5(9)11(10)3-2-6/h4H,2-3,6H2,1H3. The minimum atomic E-state index is -1.10. The third kappa shape index (κ3) is 1.84. The molecule has 1 heterocycles. The molecule has 0 amide bonds. The van der Waals surface area contributed by atoms with Crippen molar-refractivity contribution in [3.63, 3.8) is 0 Å². The van der Waals surface area contributed by atoms with Crippen molar-refractivity contribution in [1.82, 2.24) is 14.8 Å². The van der Waals surface area contributed by atoms with Gasteiger partial charge in [-0.2, -0.15) is 0 Å². The molecule has 1 aromatic rings. The number of nitrogens with zero attached hydrogens (tertiary/aromatic N) is 3. The molecular weight excluding hydrogens is 164 g/mol. The van der Waals surface area contributed by atoms with Gasteiger partial charge in [0.15, 0.2) is 0 Å². The van der Waals surface area contributed by atoms with E-state index in [1.807, 2.05) is 0 Å². The van der Waals surface area contributed by atoms with Gasteiger partial charge in [0.1, 0.15) is 6.33 Å². The highest BCUT2D eigenvalue weighted by molar-refractivity contribution is 7.84. The summed E-state index contributed by atoms with van der Waals surface area (Å²) in [6.07, 6.45) is 1.52. The van der Waals surface area contributed by atoms with Crippen molar-refractivity contribution in [2.45, 2.75) is 5.16 Å². The predicted octanol–water partition coefficient (Wildman–Crippen LogP) is -1.12. The lowest BCUT2D eigenvalue weighted by Crippen LogP contribution is -2.13. The predicted molar refractivity (Wildman–Crippen MR) is 41.3 cm³/mol. The van der Waals surface area contributed by atoms with Gasteiger partial charge >= 0.3 is 0 Å². The number of hydrogen-bond acceptors (Lipinski definition) is 4. The van der Waals surface area contributed by atoms with Crippen LogP contribution in [-0.4, -0.2) is 31.3 Å². The minimum Gasteiger partial charge on any atom is -0.330 e.